The molecule has 3 atom stereocenters. The minimum Gasteiger partial charge on any atom is -0.374 e. The molecule has 3 unspecified atom stereocenters. The summed E-state index contributed by atoms with van der Waals surface area (Å²) < 4.78 is 8.05. The Bertz CT molecular complexity index is 447. The molecule has 1 aliphatic rings. The van der Waals surface area contributed by atoms with Crippen LogP contribution in [0.25, 0.3) is 0 Å². The zero-order chi connectivity index (χ0) is 14.7. The number of hydrogen-bond donors (Lipinski definition) is 1. The molecule has 0 aliphatic carbocycles. The molecular formula is C15H26ClN3O. The Labute approximate surface area is 126 Å². The van der Waals surface area contributed by atoms with Gasteiger partial charge in [-0.1, -0.05) is 18.5 Å². The average Bonchev–Trinajstić information content (AvgIpc) is 2.96. The molecule has 1 aromatic rings. The molecule has 114 valence electrons. The molecule has 2 rings (SSSR count). The fourth-order valence-corrected chi connectivity index (χ4v) is 3.21. The third-order valence-corrected chi connectivity index (χ3v) is 4.54. The summed E-state index contributed by atoms with van der Waals surface area (Å²) in [6, 6.07) is 0.309. The van der Waals surface area contributed by atoms with Crippen molar-refractivity contribution in [1.82, 2.24) is 15.1 Å². The van der Waals surface area contributed by atoms with Gasteiger partial charge in [0, 0.05) is 19.0 Å². The van der Waals surface area contributed by atoms with Gasteiger partial charge >= 0.3 is 0 Å². The number of nitrogens with one attached hydrogen (secondary N) is 1. The maximum absolute atomic E-state index is 6.42. The van der Waals surface area contributed by atoms with Crippen LogP contribution in [0.2, 0.25) is 5.02 Å². The van der Waals surface area contributed by atoms with Gasteiger partial charge in [-0.3, -0.25) is 4.68 Å². The number of aromatic nitrogens is 2. The number of aryl methyl sites for hydroxylation is 2. The van der Waals surface area contributed by atoms with Crippen molar-refractivity contribution in [3.8, 4) is 0 Å². The van der Waals surface area contributed by atoms with E-state index in [4.69, 9.17) is 16.3 Å². The van der Waals surface area contributed by atoms with Gasteiger partial charge in [0.1, 0.15) is 0 Å². The van der Waals surface area contributed by atoms with Gasteiger partial charge in [-0.25, -0.2) is 0 Å². The minimum atomic E-state index is 0.279. The van der Waals surface area contributed by atoms with Crippen LogP contribution >= 0.6 is 11.6 Å². The van der Waals surface area contributed by atoms with Gasteiger partial charge in [0.15, 0.2) is 0 Å². The first-order valence-electron chi connectivity index (χ1n) is 7.67. The van der Waals surface area contributed by atoms with Gasteiger partial charge < -0.3 is 10.1 Å². The summed E-state index contributed by atoms with van der Waals surface area (Å²) in [4.78, 5) is 0. The summed E-state index contributed by atoms with van der Waals surface area (Å²) in [6.07, 6.45) is 3.79. The molecule has 4 nitrogen and oxygen atoms in total. The monoisotopic (exact) mass is 299 g/mol. The van der Waals surface area contributed by atoms with Crippen LogP contribution in [0.15, 0.2) is 0 Å². The van der Waals surface area contributed by atoms with Gasteiger partial charge in [-0.2, -0.15) is 5.10 Å². The Hall–Kier alpha value is -0.580. The standard InChI is InChI=1S/C15H26ClN3O/c1-5-17-12(14-8-7-10(3)20-14)9-13-15(16)11(4)18-19(13)6-2/h10,12,14,17H,5-9H2,1-4H3. The maximum atomic E-state index is 6.42. The molecule has 1 saturated heterocycles. The molecular weight excluding hydrogens is 274 g/mol. The summed E-state index contributed by atoms with van der Waals surface area (Å²) in [5, 5.41) is 8.86. The molecule has 0 bridgehead atoms. The number of ether oxygens (including phenoxy) is 1. The highest BCUT2D eigenvalue weighted by molar-refractivity contribution is 6.31. The topological polar surface area (TPSA) is 39.1 Å². The molecule has 5 heteroatoms. The molecule has 2 heterocycles. The zero-order valence-electron chi connectivity index (χ0n) is 12.9. The van der Waals surface area contributed by atoms with Crippen molar-refractivity contribution >= 4 is 11.6 Å². The first-order chi connectivity index (χ1) is 9.56. The Morgan fingerprint density at radius 1 is 1.45 bits per heavy atom. The summed E-state index contributed by atoms with van der Waals surface area (Å²) in [5.74, 6) is 0. The highest BCUT2D eigenvalue weighted by Crippen LogP contribution is 2.27. The van der Waals surface area contributed by atoms with Crippen molar-refractivity contribution in [1.29, 1.82) is 0 Å². The van der Waals surface area contributed by atoms with Crippen LogP contribution in [0.1, 0.15) is 45.0 Å². The van der Waals surface area contributed by atoms with E-state index in [1.807, 2.05) is 11.6 Å². The molecule has 1 fully saturated rings. The lowest BCUT2D eigenvalue weighted by Crippen LogP contribution is -2.42. The van der Waals surface area contributed by atoms with Gasteiger partial charge in [-0.15, -0.1) is 0 Å². The van der Waals surface area contributed by atoms with Gasteiger partial charge in [0.25, 0.3) is 0 Å². The van der Waals surface area contributed by atoms with Crippen molar-refractivity contribution in [3.63, 3.8) is 0 Å². The SMILES string of the molecule is CCNC(Cc1c(Cl)c(C)nn1CC)C1CCC(C)O1. The molecule has 0 aromatic carbocycles. The second kappa shape index (κ2) is 6.92. The van der Waals surface area contributed by atoms with E-state index < -0.39 is 0 Å². The quantitative estimate of drug-likeness (QED) is 0.878. The van der Waals surface area contributed by atoms with Crippen LogP contribution in [0.4, 0.5) is 0 Å². The molecule has 0 saturated carbocycles. The van der Waals surface area contributed by atoms with Crippen molar-refractivity contribution in [2.24, 2.45) is 0 Å². The number of halogens is 1. The normalized spacial score (nSPS) is 24.2. The number of nitrogens with zero attached hydrogens (tertiary/aromatic N) is 2. The van der Waals surface area contributed by atoms with Gasteiger partial charge in [-0.05, 0) is 40.2 Å². The fourth-order valence-electron chi connectivity index (χ4n) is 3.00. The zero-order valence-corrected chi connectivity index (χ0v) is 13.7. The van der Waals surface area contributed by atoms with Crippen LogP contribution in [0, 0.1) is 6.92 Å². The summed E-state index contributed by atoms with van der Waals surface area (Å²) in [7, 11) is 0. The third-order valence-electron chi connectivity index (χ3n) is 4.05. The largest absolute Gasteiger partial charge is 0.374 e. The van der Waals surface area contributed by atoms with Gasteiger partial charge in [0.05, 0.1) is 28.6 Å². The number of likely N-dealkylation sites (N-methyl/N-ethyl adjacent to an activating group) is 1. The van der Waals surface area contributed by atoms with E-state index in [0.29, 0.717) is 12.1 Å². The number of hydrogen-bond acceptors (Lipinski definition) is 3. The van der Waals surface area contributed by atoms with Crippen molar-refractivity contribution in [2.45, 2.75) is 71.8 Å². The van der Waals surface area contributed by atoms with Crippen LogP contribution < -0.4 is 5.32 Å². The lowest BCUT2D eigenvalue weighted by Gasteiger charge is -2.25. The smallest absolute Gasteiger partial charge is 0.0847 e. The molecule has 0 radical (unpaired) electrons. The molecule has 0 spiro atoms. The highest BCUT2D eigenvalue weighted by atomic mass is 35.5. The van der Waals surface area contributed by atoms with Gasteiger partial charge in [0.2, 0.25) is 0 Å². The average molecular weight is 300 g/mol. The summed E-state index contributed by atoms with van der Waals surface area (Å²) in [6.45, 7) is 10.1. The van der Waals surface area contributed by atoms with Crippen LogP contribution in [-0.2, 0) is 17.7 Å². The Morgan fingerprint density at radius 3 is 2.75 bits per heavy atom. The van der Waals surface area contributed by atoms with Crippen molar-refractivity contribution < 1.29 is 4.74 Å². The first-order valence-corrected chi connectivity index (χ1v) is 8.05. The predicted octanol–water partition coefficient (Wildman–Crippen LogP) is 2.95. The Morgan fingerprint density at radius 2 is 2.20 bits per heavy atom. The minimum absolute atomic E-state index is 0.279. The van der Waals surface area contributed by atoms with E-state index >= 15 is 0 Å². The molecule has 20 heavy (non-hydrogen) atoms. The third kappa shape index (κ3) is 3.35. The van der Waals surface area contributed by atoms with E-state index in [2.05, 4.69) is 31.2 Å². The number of rotatable bonds is 6. The Kier molecular flexibility index (Phi) is 5.47. The van der Waals surface area contributed by atoms with E-state index in [0.717, 1.165) is 48.8 Å². The highest BCUT2D eigenvalue weighted by Gasteiger charge is 2.30. The molecule has 1 aliphatic heterocycles. The van der Waals surface area contributed by atoms with E-state index in [1.54, 1.807) is 0 Å². The van der Waals surface area contributed by atoms with E-state index in [9.17, 15) is 0 Å². The van der Waals surface area contributed by atoms with E-state index in [-0.39, 0.29) is 6.10 Å². The molecule has 1 aromatic heterocycles. The lowest BCUT2D eigenvalue weighted by molar-refractivity contribution is 0.0320. The Balaban J connectivity index is 2.15. The lowest BCUT2D eigenvalue weighted by atomic mass is 10.0. The van der Waals surface area contributed by atoms with Crippen molar-refractivity contribution in [3.05, 3.63) is 16.4 Å². The maximum Gasteiger partial charge on any atom is 0.0847 e. The van der Waals surface area contributed by atoms with Crippen LogP contribution in [-0.4, -0.2) is 34.6 Å². The van der Waals surface area contributed by atoms with E-state index in [1.165, 1.54) is 0 Å². The predicted molar refractivity (Wildman–Crippen MR) is 82.4 cm³/mol. The molecule has 0 amide bonds. The second-order valence-corrected chi connectivity index (χ2v) is 5.97. The first kappa shape index (κ1) is 15.8. The second-order valence-electron chi connectivity index (χ2n) is 5.59. The van der Waals surface area contributed by atoms with Crippen molar-refractivity contribution in [2.75, 3.05) is 6.54 Å². The summed E-state index contributed by atoms with van der Waals surface area (Å²) in [5.41, 5.74) is 2.04. The molecule has 1 N–H and O–H groups in total. The van der Waals surface area contributed by atoms with Crippen LogP contribution in [0.5, 0.6) is 0 Å². The summed E-state index contributed by atoms with van der Waals surface area (Å²) >= 11 is 6.42. The van der Waals surface area contributed by atoms with Crippen LogP contribution in [0.3, 0.4) is 0 Å². The fraction of sp³-hybridized carbons (Fsp3) is 0.800.